The Hall–Kier alpha value is -2.05. The van der Waals surface area contributed by atoms with Gasteiger partial charge in [0.05, 0.1) is 32.0 Å². The summed E-state index contributed by atoms with van der Waals surface area (Å²) >= 11 is 0. The summed E-state index contributed by atoms with van der Waals surface area (Å²) in [6, 6.07) is -0.832. The van der Waals surface area contributed by atoms with Crippen LogP contribution in [0.15, 0.2) is 48.6 Å². The van der Waals surface area contributed by atoms with E-state index in [-0.39, 0.29) is 12.5 Å². The molecule has 0 radical (unpaired) electrons. The normalized spacial score (nSPS) is 23.9. The zero-order valence-electron chi connectivity index (χ0n) is 53.4. The highest BCUT2D eigenvalue weighted by atomic mass is 16.7. The Labute approximate surface area is 512 Å². The number of aliphatic hydroxyl groups is 8. The number of aliphatic hydroxyl groups excluding tert-OH is 8. The fourth-order valence-electron chi connectivity index (χ4n) is 11.5. The van der Waals surface area contributed by atoms with Crippen LogP contribution in [0.25, 0.3) is 0 Å². The third-order valence-electron chi connectivity index (χ3n) is 17.1. The second-order valence-electron chi connectivity index (χ2n) is 24.6. The molecule has 0 aromatic rings. The predicted octanol–water partition coefficient (Wildman–Crippen LogP) is 13.9. The van der Waals surface area contributed by atoms with Crippen LogP contribution in [0.3, 0.4) is 0 Å². The number of hydrogen-bond acceptors (Lipinski definition) is 13. The van der Waals surface area contributed by atoms with Crippen molar-refractivity contribution >= 4 is 5.91 Å². The Morgan fingerprint density at radius 2 is 0.821 bits per heavy atom. The van der Waals surface area contributed by atoms with Crippen molar-refractivity contribution in [2.45, 2.75) is 370 Å². The largest absolute Gasteiger partial charge is 0.394 e. The molecule has 9 N–H and O–H groups in total. The summed E-state index contributed by atoms with van der Waals surface area (Å²) in [7, 11) is 0. The summed E-state index contributed by atoms with van der Waals surface area (Å²) < 4.78 is 22.9. The molecule has 2 saturated heterocycles. The average molecular weight is 1190 g/mol. The minimum Gasteiger partial charge on any atom is -0.394 e. The Morgan fingerprint density at radius 1 is 0.440 bits per heavy atom. The maximum absolute atomic E-state index is 13.4. The van der Waals surface area contributed by atoms with Crippen LogP contribution in [0, 0.1) is 0 Å². The molecule has 12 atom stereocenters. The molecule has 2 aliphatic heterocycles. The molecule has 492 valence electrons. The number of nitrogens with one attached hydrogen (secondary N) is 1. The smallest absolute Gasteiger partial charge is 0.220 e. The van der Waals surface area contributed by atoms with E-state index >= 15 is 0 Å². The van der Waals surface area contributed by atoms with Crippen LogP contribution in [0.1, 0.15) is 296 Å². The SMILES string of the molecule is CC/C=C\C/C=C\C/C=C\C/C=C\CCCCCCCCCCCCCCC(=O)NC(COC1OC(CO)C(OC2OC(CO)C(O)C(O)C2O)C(O)C1O)C(O)CCCCCCCCCCCCCCCCCCCCCCCCCCC. The van der Waals surface area contributed by atoms with E-state index in [4.69, 9.17) is 18.9 Å². The van der Waals surface area contributed by atoms with E-state index < -0.39 is 86.8 Å². The third kappa shape index (κ3) is 39.1. The van der Waals surface area contributed by atoms with E-state index in [2.05, 4.69) is 67.8 Å². The molecule has 0 spiro atoms. The fraction of sp³-hybridized carbons (Fsp3) is 0.871. The lowest BCUT2D eigenvalue weighted by Gasteiger charge is -2.46. The highest BCUT2D eigenvalue weighted by Gasteiger charge is 2.51. The Bertz CT molecular complexity index is 1590. The van der Waals surface area contributed by atoms with E-state index in [1.54, 1.807) is 0 Å². The lowest BCUT2D eigenvalue weighted by molar-refractivity contribution is -0.359. The van der Waals surface area contributed by atoms with Gasteiger partial charge in [0.2, 0.25) is 5.91 Å². The van der Waals surface area contributed by atoms with Crippen LogP contribution in [0.4, 0.5) is 0 Å². The average Bonchev–Trinajstić information content (AvgIpc) is 3.18. The summed E-state index contributed by atoms with van der Waals surface area (Å²) in [6.07, 6.45) is 54.0. The summed E-state index contributed by atoms with van der Waals surface area (Å²) in [4.78, 5) is 13.4. The van der Waals surface area contributed by atoms with Crippen LogP contribution < -0.4 is 5.32 Å². The van der Waals surface area contributed by atoms with E-state index in [0.717, 1.165) is 83.5 Å². The number of carbonyl (C=O) groups excluding carboxylic acids is 1. The molecule has 0 bridgehead atoms. The molecule has 2 rings (SSSR count). The Balaban J connectivity index is 1.68. The topological polar surface area (TPSA) is 228 Å². The van der Waals surface area contributed by atoms with Crippen molar-refractivity contribution in [2.24, 2.45) is 0 Å². The van der Waals surface area contributed by atoms with Crippen LogP contribution in [-0.2, 0) is 23.7 Å². The van der Waals surface area contributed by atoms with Gasteiger partial charge in [-0.05, 0) is 51.4 Å². The van der Waals surface area contributed by atoms with E-state index in [0.29, 0.717) is 12.8 Å². The number of allylic oxidation sites excluding steroid dienone is 8. The van der Waals surface area contributed by atoms with Crippen molar-refractivity contribution in [1.29, 1.82) is 0 Å². The number of unbranched alkanes of at least 4 members (excludes halogenated alkanes) is 36. The molecule has 12 unspecified atom stereocenters. The quantitative estimate of drug-likeness (QED) is 0.0204. The highest BCUT2D eigenvalue weighted by Crippen LogP contribution is 2.30. The van der Waals surface area contributed by atoms with Gasteiger partial charge in [-0.1, -0.05) is 287 Å². The molecule has 0 aliphatic carbocycles. The first-order valence-corrected chi connectivity index (χ1v) is 34.9. The number of carbonyl (C=O) groups is 1. The first kappa shape index (κ1) is 78.0. The molecule has 2 fully saturated rings. The second kappa shape index (κ2) is 55.1. The van der Waals surface area contributed by atoms with Gasteiger partial charge in [-0.15, -0.1) is 0 Å². The van der Waals surface area contributed by atoms with Crippen LogP contribution in [0.5, 0.6) is 0 Å². The molecule has 14 heteroatoms. The van der Waals surface area contributed by atoms with Gasteiger partial charge in [-0.3, -0.25) is 4.79 Å². The Morgan fingerprint density at radius 3 is 1.26 bits per heavy atom. The highest BCUT2D eigenvalue weighted by molar-refractivity contribution is 5.76. The molecular formula is C70H129NO13. The van der Waals surface area contributed by atoms with Crippen LogP contribution in [0.2, 0.25) is 0 Å². The van der Waals surface area contributed by atoms with Gasteiger partial charge in [0.25, 0.3) is 0 Å². The van der Waals surface area contributed by atoms with Crippen molar-refractivity contribution in [3.05, 3.63) is 48.6 Å². The number of ether oxygens (including phenoxy) is 4. The molecular weight excluding hydrogens is 1060 g/mol. The summed E-state index contributed by atoms with van der Waals surface area (Å²) in [5.41, 5.74) is 0. The van der Waals surface area contributed by atoms with E-state index in [1.807, 2.05) is 0 Å². The minimum absolute atomic E-state index is 0.206. The molecule has 14 nitrogen and oxygen atoms in total. The molecule has 0 aromatic heterocycles. The minimum atomic E-state index is -1.78. The zero-order chi connectivity index (χ0) is 60.9. The van der Waals surface area contributed by atoms with Gasteiger partial charge in [0, 0.05) is 6.42 Å². The van der Waals surface area contributed by atoms with Gasteiger partial charge in [-0.25, -0.2) is 0 Å². The standard InChI is InChI=1S/C70H129NO13/c1-3-5-7-9-11-13-15-17-19-21-23-25-27-29-31-33-35-37-39-41-43-45-47-49-51-53-59(74)58(57-81-69-67(80)65(78)68(61(56-73)83-69)84-70-66(79)64(77)63(76)60(55-72)82-70)71-62(75)54-52-50-48-46-44-42-40-38-36-34-32-30-28-26-24-22-20-18-16-14-12-10-8-6-4-2/h6,8,12,14,18,20,24,26,58-61,63-70,72-74,76-80H,3-5,7,9-11,13,15-17,19,21-23,25,27-57H2,1-2H3,(H,71,75)/b8-6-,14-12-,20-18-,26-24-. The van der Waals surface area contributed by atoms with Gasteiger partial charge >= 0.3 is 0 Å². The van der Waals surface area contributed by atoms with E-state index in [1.165, 1.54) is 186 Å². The molecule has 0 aromatic carbocycles. The van der Waals surface area contributed by atoms with Crippen molar-refractivity contribution in [2.75, 3.05) is 19.8 Å². The van der Waals surface area contributed by atoms with Crippen LogP contribution >= 0.6 is 0 Å². The third-order valence-corrected chi connectivity index (χ3v) is 17.1. The summed E-state index contributed by atoms with van der Waals surface area (Å²) in [6.45, 7) is 2.79. The van der Waals surface area contributed by atoms with Crippen molar-refractivity contribution in [1.82, 2.24) is 5.32 Å². The van der Waals surface area contributed by atoms with Gasteiger partial charge in [0.15, 0.2) is 12.6 Å². The van der Waals surface area contributed by atoms with Crippen molar-refractivity contribution < 1.29 is 64.6 Å². The number of amides is 1. The summed E-state index contributed by atoms with van der Waals surface area (Å²) in [5.74, 6) is -0.206. The Kier molecular flexibility index (Phi) is 51.1. The lowest BCUT2D eigenvalue weighted by Crippen LogP contribution is -2.65. The van der Waals surface area contributed by atoms with Gasteiger partial charge in [-0.2, -0.15) is 0 Å². The number of hydrogen-bond donors (Lipinski definition) is 9. The van der Waals surface area contributed by atoms with Gasteiger partial charge in [0.1, 0.15) is 48.8 Å². The fourth-order valence-corrected chi connectivity index (χ4v) is 11.5. The maximum Gasteiger partial charge on any atom is 0.220 e. The first-order chi connectivity index (χ1) is 41.1. The van der Waals surface area contributed by atoms with Crippen LogP contribution in [-0.4, -0.2) is 140 Å². The predicted molar refractivity (Wildman–Crippen MR) is 341 cm³/mol. The monoisotopic (exact) mass is 1190 g/mol. The maximum atomic E-state index is 13.4. The molecule has 84 heavy (non-hydrogen) atoms. The molecule has 1 amide bonds. The molecule has 2 aliphatic rings. The van der Waals surface area contributed by atoms with Crippen molar-refractivity contribution in [3.8, 4) is 0 Å². The number of rotatable bonds is 57. The van der Waals surface area contributed by atoms with Crippen molar-refractivity contribution in [3.63, 3.8) is 0 Å². The lowest BCUT2D eigenvalue weighted by atomic mass is 9.97. The molecule has 0 saturated carbocycles. The second-order valence-corrected chi connectivity index (χ2v) is 24.6. The zero-order valence-corrected chi connectivity index (χ0v) is 53.4. The first-order valence-electron chi connectivity index (χ1n) is 34.9. The molecule has 2 heterocycles. The summed E-state index contributed by atoms with van der Waals surface area (Å²) in [5, 5.41) is 87.6. The van der Waals surface area contributed by atoms with Gasteiger partial charge < -0.3 is 65.1 Å². The van der Waals surface area contributed by atoms with E-state index in [9.17, 15) is 45.6 Å².